The standard InChI is InChI=1S/C16H29N3O2/c17-13-9-11-19(12-10-13)16(21)8-7-15(20)18-14-5-3-1-2-4-6-14/h13-14H,1-12,17H2,(H,18,20). The average molecular weight is 295 g/mol. The minimum atomic E-state index is 0.0314. The van der Waals surface area contributed by atoms with Crippen LogP contribution in [-0.4, -0.2) is 41.9 Å². The largest absolute Gasteiger partial charge is 0.353 e. The van der Waals surface area contributed by atoms with Gasteiger partial charge in [-0.05, 0) is 25.7 Å². The molecule has 2 amide bonds. The van der Waals surface area contributed by atoms with E-state index < -0.39 is 0 Å². The van der Waals surface area contributed by atoms with E-state index in [0.29, 0.717) is 18.9 Å². The van der Waals surface area contributed by atoms with Crippen LogP contribution in [0.15, 0.2) is 0 Å². The molecule has 0 aromatic carbocycles. The number of amides is 2. The number of piperidine rings is 1. The maximum atomic E-state index is 12.1. The zero-order valence-electron chi connectivity index (χ0n) is 13.0. The third kappa shape index (κ3) is 5.65. The Balaban J connectivity index is 1.64. The van der Waals surface area contributed by atoms with Crippen molar-refractivity contribution in [3.05, 3.63) is 0 Å². The van der Waals surface area contributed by atoms with Crippen LogP contribution in [0.3, 0.4) is 0 Å². The summed E-state index contributed by atoms with van der Waals surface area (Å²) < 4.78 is 0. The quantitative estimate of drug-likeness (QED) is 0.773. The Morgan fingerprint density at radius 3 is 2.19 bits per heavy atom. The van der Waals surface area contributed by atoms with Crippen molar-refractivity contribution in [2.45, 2.75) is 76.3 Å². The van der Waals surface area contributed by atoms with Gasteiger partial charge in [0.25, 0.3) is 0 Å². The lowest BCUT2D eigenvalue weighted by Gasteiger charge is -2.30. The van der Waals surface area contributed by atoms with Gasteiger partial charge in [-0.2, -0.15) is 0 Å². The van der Waals surface area contributed by atoms with Crippen molar-refractivity contribution >= 4 is 11.8 Å². The normalized spacial score (nSPS) is 21.9. The Bertz CT molecular complexity index is 343. The molecule has 3 N–H and O–H groups in total. The molecule has 0 aromatic heterocycles. The summed E-state index contributed by atoms with van der Waals surface area (Å²) in [7, 11) is 0. The molecule has 2 fully saturated rings. The Labute approximate surface area is 127 Å². The second kappa shape index (κ2) is 8.37. The molecule has 1 heterocycles. The van der Waals surface area contributed by atoms with E-state index in [1.54, 1.807) is 0 Å². The van der Waals surface area contributed by atoms with Crippen molar-refractivity contribution in [3.63, 3.8) is 0 Å². The van der Waals surface area contributed by atoms with Crippen molar-refractivity contribution in [2.24, 2.45) is 5.73 Å². The first-order chi connectivity index (χ1) is 10.1. The number of hydrogen-bond donors (Lipinski definition) is 2. The van der Waals surface area contributed by atoms with Gasteiger partial charge >= 0.3 is 0 Å². The number of carbonyl (C=O) groups excluding carboxylic acids is 2. The van der Waals surface area contributed by atoms with Crippen LogP contribution in [-0.2, 0) is 9.59 Å². The molecule has 1 saturated heterocycles. The van der Waals surface area contributed by atoms with Gasteiger partial charge in [-0.1, -0.05) is 25.7 Å². The average Bonchev–Trinajstić information content (AvgIpc) is 2.74. The smallest absolute Gasteiger partial charge is 0.223 e. The van der Waals surface area contributed by atoms with Crippen LogP contribution in [0.5, 0.6) is 0 Å². The van der Waals surface area contributed by atoms with E-state index >= 15 is 0 Å². The number of carbonyl (C=O) groups is 2. The molecular weight excluding hydrogens is 266 g/mol. The molecule has 0 radical (unpaired) electrons. The fourth-order valence-electron chi connectivity index (χ4n) is 3.25. The van der Waals surface area contributed by atoms with Crippen molar-refractivity contribution in [1.82, 2.24) is 10.2 Å². The zero-order valence-corrected chi connectivity index (χ0v) is 13.0. The number of nitrogens with one attached hydrogen (secondary N) is 1. The predicted octanol–water partition coefficient (Wildman–Crippen LogP) is 1.56. The summed E-state index contributed by atoms with van der Waals surface area (Å²) in [5, 5.41) is 3.09. The SMILES string of the molecule is NC1CCN(C(=O)CCC(=O)NC2CCCCCC2)CC1. The van der Waals surface area contributed by atoms with Gasteiger partial charge in [0.2, 0.25) is 11.8 Å². The van der Waals surface area contributed by atoms with Gasteiger partial charge in [0.1, 0.15) is 0 Å². The monoisotopic (exact) mass is 295 g/mol. The summed E-state index contributed by atoms with van der Waals surface area (Å²) in [4.78, 5) is 25.9. The Kier molecular flexibility index (Phi) is 6.49. The molecule has 5 heteroatoms. The molecule has 0 unspecified atom stereocenters. The van der Waals surface area contributed by atoms with Gasteiger partial charge < -0.3 is 16.0 Å². The lowest BCUT2D eigenvalue weighted by molar-refractivity contribution is -0.134. The van der Waals surface area contributed by atoms with E-state index in [-0.39, 0.29) is 17.9 Å². The number of rotatable bonds is 4. The zero-order chi connectivity index (χ0) is 15.1. The first kappa shape index (κ1) is 16.3. The first-order valence-electron chi connectivity index (χ1n) is 8.48. The number of hydrogen-bond acceptors (Lipinski definition) is 3. The maximum absolute atomic E-state index is 12.1. The van der Waals surface area contributed by atoms with Crippen LogP contribution in [0, 0.1) is 0 Å². The maximum Gasteiger partial charge on any atom is 0.223 e. The van der Waals surface area contributed by atoms with Crippen LogP contribution >= 0.6 is 0 Å². The van der Waals surface area contributed by atoms with Crippen LogP contribution in [0.4, 0.5) is 0 Å². The summed E-state index contributed by atoms with van der Waals surface area (Å²) in [6.07, 6.45) is 9.54. The van der Waals surface area contributed by atoms with E-state index in [4.69, 9.17) is 5.73 Å². The molecule has 5 nitrogen and oxygen atoms in total. The summed E-state index contributed by atoms with van der Waals surface area (Å²) in [5.74, 6) is 0.127. The van der Waals surface area contributed by atoms with E-state index in [0.717, 1.165) is 38.8 Å². The summed E-state index contributed by atoms with van der Waals surface area (Å²) in [6.45, 7) is 1.48. The summed E-state index contributed by atoms with van der Waals surface area (Å²) in [6, 6.07) is 0.552. The summed E-state index contributed by atoms with van der Waals surface area (Å²) >= 11 is 0. The molecule has 2 rings (SSSR count). The second-order valence-electron chi connectivity index (χ2n) is 6.47. The molecule has 21 heavy (non-hydrogen) atoms. The molecule has 0 bridgehead atoms. The van der Waals surface area contributed by atoms with Gasteiger partial charge in [0.05, 0.1) is 0 Å². The third-order valence-electron chi connectivity index (χ3n) is 4.68. The highest BCUT2D eigenvalue weighted by Crippen LogP contribution is 2.17. The molecule has 1 aliphatic carbocycles. The van der Waals surface area contributed by atoms with E-state index in [9.17, 15) is 9.59 Å². The number of nitrogens with two attached hydrogens (primary N) is 1. The fraction of sp³-hybridized carbons (Fsp3) is 0.875. The van der Waals surface area contributed by atoms with Crippen LogP contribution < -0.4 is 11.1 Å². The molecule has 2 aliphatic rings. The highest BCUT2D eigenvalue weighted by molar-refractivity contribution is 5.83. The second-order valence-corrected chi connectivity index (χ2v) is 6.47. The number of likely N-dealkylation sites (tertiary alicyclic amines) is 1. The first-order valence-corrected chi connectivity index (χ1v) is 8.48. The van der Waals surface area contributed by atoms with Crippen LogP contribution in [0.25, 0.3) is 0 Å². The molecule has 0 aromatic rings. The summed E-state index contributed by atoms with van der Waals surface area (Å²) in [5.41, 5.74) is 5.83. The molecule has 1 aliphatic heterocycles. The number of nitrogens with zero attached hydrogens (tertiary/aromatic N) is 1. The van der Waals surface area contributed by atoms with E-state index in [1.165, 1.54) is 25.7 Å². The van der Waals surface area contributed by atoms with Crippen LogP contribution in [0.1, 0.15) is 64.2 Å². The predicted molar refractivity (Wildman–Crippen MR) is 82.7 cm³/mol. The van der Waals surface area contributed by atoms with Gasteiger partial charge in [0.15, 0.2) is 0 Å². The highest BCUT2D eigenvalue weighted by atomic mass is 16.2. The van der Waals surface area contributed by atoms with Crippen molar-refractivity contribution in [1.29, 1.82) is 0 Å². The molecule has 0 atom stereocenters. The van der Waals surface area contributed by atoms with E-state index in [1.807, 2.05) is 4.90 Å². The Morgan fingerprint density at radius 1 is 0.952 bits per heavy atom. The van der Waals surface area contributed by atoms with E-state index in [2.05, 4.69) is 5.32 Å². The van der Waals surface area contributed by atoms with Gasteiger partial charge in [-0.25, -0.2) is 0 Å². The minimum Gasteiger partial charge on any atom is -0.353 e. The lowest BCUT2D eigenvalue weighted by atomic mass is 10.1. The van der Waals surface area contributed by atoms with Crippen molar-refractivity contribution in [2.75, 3.05) is 13.1 Å². The van der Waals surface area contributed by atoms with Crippen molar-refractivity contribution < 1.29 is 9.59 Å². The highest BCUT2D eigenvalue weighted by Gasteiger charge is 2.21. The van der Waals surface area contributed by atoms with Gasteiger partial charge in [0, 0.05) is 38.0 Å². The minimum absolute atomic E-state index is 0.0314. The Hall–Kier alpha value is -1.10. The topological polar surface area (TPSA) is 75.4 Å². The van der Waals surface area contributed by atoms with Gasteiger partial charge in [-0.3, -0.25) is 9.59 Å². The van der Waals surface area contributed by atoms with Gasteiger partial charge in [-0.15, -0.1) is 0 Å². The lowest BCUT2D eigenvalue weighted by Crippen LogP contribution is -2.43. The van der Waals surface area contributed by atoms with Crippen molar-refractivity contribution in [3.8, 4) is 0 Å². The molecule has 120 valence electrons. The molecular formula is C16H29N3O2. The van der Waals surface area contributed by atoms with Crippen LogP contribution in [0.2, 0.25) is 0 Å². The molecule has 0 spiro atoms. The third-order valence-corrected chi connectivity index (χ3v) is 4.68. The molecule has 1 saturated carbocycles. The fourth-order valence-corrected chi connectivity index (χ4v) is 3.25. The Morgan fingerprint density at radius 2 is 1.57 bits per heavy atom.